The Morgan fingerprint density at radius 3 is 2.50 bits per heavy atom. The number of fused-ring (bicyclic) bond motifs is 1. The topological polar surface area (TPSA) is 55.8 Å². The highest BCUT2D eigenvalue weighted by Gasteiger charge is 2.65. The summed E-state index contributed by atoms with van der Waals surface area (Å²) in [5.41, 5.74) is -0.367. The molecule has 0 radical (unpaired) electrons. The number of carbonyl (C=O) groups is 1. The summed E-state index contributed by atoms with van der Waals surface area (Å²) in [7, 11) is 0. The molecular formula is C18H12BrF3O4. The molecule has 1 atom stereocenters. The Hall–Kier alpha value is -2.32. The van der Waals surface area contributed by atoms with Crippen molar-refractivity contribution in [1.82, 2.24) is 0 Å². The maximum Gasteiger partial charge on any atom is 0.460 e. The highest BCUT2D eigenvalue weighted by molar-refractivity contribution is 9.10. The van der Waals surface area contributed by atoms with E-state index in [-0.39, 0.29) is 11.3 Å². The van der Waals surface area contributed by atoms with Crippen molar-refractivity contribution in [2.24, 2.45) is 0 Å². The minimum atomic E-state index is -5.12. The summed E-state index contributed by atoms with van der Waals surface area (Å²) in [5, 5.41) is 9.38. The van der Waals surface area contributed by atoms with Crippen LogP contribution >= 0.6 is 15.9 Å². The third-order valence-electron chi connectivity index (χ3n) is 3.77. The van der Waals surface area contributed by atoms with E-state index in [1.807, 2.05) is 0 Å². The van der Waals surface area contributed by atoms with Crippen molar-refractivity contribution in [1.29, 1.82) is 0 Å². The largest absolute Gasteiger partial charge is 0.478 e. The van der Waals surface area contributed by atoms with Gasteiger partial charge in [-0.05, 0) is 23.8 Å². The minimum Gasteiger partial charge on any atom is -0.478 e. The number of carboxylic acids is 1. The Labute approximate surface area is 155 Å². The number of hydrogen-bond donors (Lipinski definition) is 1. The summed E-state index contributed by atoms with van der Waals surface area (Å²) < 4.78 is 52.5. The van der Waals surface area contributed by atoms with Gasteiger partial charge < -0.3 is 14.6 Å². The van der Waals surface area contributed by atoms with Crippen LogP contribution in [0.1, 0.15) is 11.1 Å². The molecule has 0 spiro atoms. The zero-order chi connectivity index (χ0) is 18.9. The lowest BCUT2D eigenvalue weighted by atomic mass is 9.97. The lowest BCUT2D eigenvalue weighted by Gasteiger charge is -2.38. The van der Waals surface area contributed by atoms with E-state index in [0.717, 1.165) is 6.08 Å². The van der Waals surface area contributed by atoms with Crippen molar-refractivity contribution >= 4 is 28.0 Å². The van der Waals surface area contributed by atoms with E-state index in [1.54, 1.807) is 36.4 Å². The van der Waals surface area contributed by atoms with Gasteiger partial charge in [-0.1, -0.05) is 52.3 Å². The van der Waals surface area contributed by atoms with E-state index in [9.17, 15) is 23.1 Å². The summed E-state index contributed by atoms with van der Waals surface area (Å²) in [5.74, 6) is -5.32. The monoisotopic (exact) mass is 428 g/mol. The molecule has 3 rings (SSSR count). The van der Waals surface area contributed by atoms with Crippen LogP contribution in [0.15, 0.2) is 58.6 Å². The molecule has 1 aliphatic rings. The fourth-order valence-corrected chi connectivity index (χ4v) is 2.88. The summed E-state index contributed by atoms with van der Waals surface area (Å²) in [6.07, 6.45) is -4.20. The van der Waals surface area contributed by atoms with Crippen LogP contribution in [0.5, 0.6) is 5.75 Å². The van der Waals surface area contributed by atoms with Gasteiger partial charge in [0.15, 0.2) is 0 Å². The van der Waals surface area contributed by atoms with Crippen molar-refractivity contribution in [2.45, 2.75) is 18.6 Å². The molecule has 4 nitrogen and oxygen atoms in total. The van der Waals surface area contributed by atoms with E-state index in [1.165, 1.54) is 12.1 Å². The Balaban J connectivity index is 2.08. The number of aliphatic carboxylic acids is 1. The van der Waals surface area contributed by atoms with Crippen LogP contribution in [0.25, 0.3) is 6.08 Å². The number of alkyl halides is 3. The molecule has 136 valence electrons. The molecule has 1 aliphatic heterocycles. The molecule has 2 aromatic rings. The van der Waals surface area contributed by atoms with Gasteiger partial charge in [0, 0.05) is 10.0 Å². The second kappa shape index (κ2) is 6.77. The van der Waals surface area contributed by atoms with Crippen LogP contribution in [0.2, 0.25) is 0 Å². The molecule has 0 bridgehead atoms. The van der Waals surface area contributed by atoms with Gasteiger partial charge in [-0.15, -0.1) is 0 Å². The van der Waals surface area contributed by atoms with Gasteiger partial charge in [-0.3, -0.25) is 0 Å². The maximum atomic E-state index is 13.9. The predicted octanol–water partition coefficient (Wildman–Crippen LogP) is 4.78. The molecular weight excluding hydrogens is 417 g/mol. The normalized spacial score (nSPS) is 19.3. The van der Waals surface area contributed by atoms with Crippen LogP contribution in [-0.2, 0) is 16.1 Å². The van der Waals surface area contributed by atoms with Gasteiger partial charge in [-0.25, -0.2) is 4.79 Å². The van der Waals surface area contributed by atoms with Crippen molar-refractivity contribution in [3.63, 3.8) is 0 Å². The molecule has 1 unspecified atom stereocenters. The fourth-order valence-electron chi connectivity index (χ4n) is 2.54. The van der Waals surface area contributed by atoms with Crippen molar-refractivity contribution in [2.75, 3.05) is 0 Å². The quantitative estimate of drug-likeness (QED) is 0.760. The zero-order valence-corrected chi connectivity index (χ0v) is 14.7. The van der Waals surface area contributed by atoms with Crippen molar-refractivity contribution in [3.05, 3.63) is 69.7 Å². The Morgan fingerprint density at radius 1 is 1.19 bits per heavy atom. The molecule has 0 saturated carbocycles. The number of benzene rings is 2. The maximum absolute atomic E-state index is 13.9. The fraction of sp³-hybridized carbons (Fsp3) is 0.167. The number of hydrogen-bond acceptors (Lipinski definition) is 3. The van der Waals surface area contributed by atoms with Crippen LogP contribution < -0.4 is 4.74 Å². The minimum absolute atomic E-state index is 0.130. The predicted molar refractivity (Wildman–Crippen MR) is 90.4 cm³/mol. The van der Waals surface area contributed by atoms with Crippen LogP contribution in [-0.4, -0.2) is 23.0 Å². The van der Waals surface area contributed by atoms with Gasteiger partial charge in [-0.2, -0.15) is 13.2 Å². The molecule has 1 N–H and O–H groups in total. The molecule has 0 amide bonds. The van der Waals surface area contributed by atoms with E-state index >= 15 is 0 Å². The second-order valence-corrected chi connectivity index (χ2v) is 6.45. The first kappa shape index (κ1) is 18.5. The Morgan fingerprint density at radius 2 is 1.88 bits per heavy atom. The van der Waals surface area contributed by atoms with E-state index in [0.29, 0.717) is 10.0 Å². The lowest BCUT2D eigenvalue weighted by Crippen LogP contribution is -2.56. The van der Waals surface area contributed by atoms with E-state index in [4.69, 9.17) is 9.47 Å². The summed E-state index contributed by atoms with van der Waals surface area (Å²) in [6, 6.07) is 12.5. The second-order valence-electron chi connectivity index (χ2n) is 5.54. The third-order valence-corrected chi connectivity index (χ3v) is 4.27. The van der Waals surface area contributed by atoms with Gasteiger partial charge in [0.05, 0.1) is 6.61 Å². The lowest BCUT2D eigenvalue weighted by molar-refractivity contribution is -0.337. The first-order valence-electron chi connectivity index (χ1n) is 7.41. The van der Waals surface area contributed by atoms with Crippen molar-refractivity contribution in [3.8, 4) is 5.75 Å². The molecule has 0 aliphatic carbocycles. The average Bonchev–Trinajstić information content (AvgIpc) is 2.58. The van der Waals surface area contributed by atoms with Gasteiger partial charge >= 0.3 is 17.9 Å². The van der Waals surface area contributed by atoms with Gasteiger partial charge in [0.1, 0.15) is 11.3 Å². The zero-order valence-electron chi connectivity index (χ0n) is 13.1. The Kier molecular flexibility index (Phi) is 4.81. The van der Waals surface area contributed by atoms with E-state index in [2.05, 4.69) is 15.9 Å². The summed E-state index contributed by atoms with van der Waals surface area (Å²) in [4.78, 5) is 11.6. The summed E-state index contributed by atoms with van der Waals surface area (Å²) >= 11 is 3.16. The smallest absolute Gasteiger partial charge is 0.460 e. The number of carboxylic acid groups (broad SMARTS) is 1. The van der Waals surface area contributed by atoms with Crippen molar-refractivity contribution < 1.29 is 32.5 Å². The third kappa shape index (κ3) is 3.34. The van der Waals surface area contributed by atoms with Gasteiger partial charge in [0.2, 0.25) is 0 Å². The molecule has 1 heterocycles. The van der Waals surface area contributed by atoms with Crippen LogP contribution in [0.3, 0.4) is 0 Å². The summed E-state index contributed by atoms with van der Waals surface area (Å²) in [6.45, 7) is -0.478. The first-order valence-corrected chi connectivity index (χ1v) is 8.21. The Bertz CT molecular complexity index is 864. The molecule has 0 fully saturated rings. The van der Waals surface area contributed by atoms with E-state index < -0.39 is 30.1 Å². The van der Waals surface area contributed by atoms with Crippen LogP contribution in [0.4, 0.5) is 13.2 Å². The average molecular weight is 429 g/mol. The first-order chi connectivity index (χ1) is 12.2. The molecule has 2 aromatic carbocycles. The highest BCUT2D eigenvalue weighted by atomic mass is 79.9. The standard InChI is InChI=1S/C18H12BrF3O4/c19-13-7-6-12-8-14(16(23)24)17(18(20,21)22,26-15(12)9-13)25-10-11-4-2-1-3-5-11/h1-9H,10H2,(H,23,24). The number of halogens is 4. The number of rotatable bonds is 4. The van der Waals surface area contributed by atoms with Crippen LogP contribution in [0, 0.1) is 0 Å². The molecule has 0 saturated heterocycles. The van der Waals surface area contributed by atoms with Gasteiger partial charge in [0.25, 0.3) is 0 Å². The molecule has 26 heavy (non-hydrogen) atoms. The highest BCUT2D eigenvalue weighted by Crippen LogP contribution is 2.47. The molecule has 0 aromatic heterocycles. The number of ether oxygens (including phenoxy) is 2. The molecule has 8 heteroatoms. The SMILES string of the molecule is O=C(O)C1=Cc2ccc(Br)cc2OC1(OCc1ccccc1)C(F)(F)F.